The summed E-state index contributed by atoms with van der Waals surface area (Å²) in [7, 11) is 0. The average molecular weight is 875 g/mol. The Morgan fingerprint density at radius 3 is 1.60 bits per heavy atom. The van der Waals surface area contributed by atoms with Crippen molar-refractivity contribution >= 4 is 99.5 Å². The van der Waals surface area contributed by atoms with E-state index in [2.05, 4.69) is 186 Å². The standard InChI is InChI=1S/C62H38N2O4/c1-3-17-41(18-4-1)63(44-30-32-57-60(37-44)68-59-34-40-16-8-7-15-39(40)33-58(59)67-57)45-36-52(62-50-22-10-12-28-55(50)66-61(62)38-45)47-23-13-25-48-46(47)24-14-26-53(48)64(42-19-5-2-6-20-42)43-29-31-56-51(35-43)49-21-9-11-27-54(49)65-56/h1-38H. The maximum absolute atomic E-state index is 6.80. The molecule has 1 aliphatic heterocycles. The van der Waals surface area contributed by atoms with Gasteiger partial charge in [0.1, 0.15) is 22.3 Å². The van der Waals surface area contributed by atoms with Crippen LogP contribution in [-0.4, -0.2) is 0 Å². The summed E-state index contributed by atoms with van der Waals surface area (Å²) in [4.78, 5) is 4.62. The van der Waals surface area contributed by atoms with Gasteiger partial charge in [-0.25, -0.2) is 0 Å². The molecule has 0 radical (unpaired) electrons. The van der Waals surface area contributed by atoms with Crippen molar-refractivity contribution in [2.45, 2.75) is 0 Å². The van der Waals surface area contributed by atoms with Crippen LogP contribution in [0.15, 0.2) is 239 Å². The molecule has 1 aliphatic rings. The van der Waals surface area contributed by atoms with Gasteiger partial charge < -0.3 is 28.1 Å². The van der Waals surface area contributed by atoms with Crippen molar-refractivity contribution in [1.29, 1.82) is 0 Å². The van der Waals surface area contributed by atoms with Crippen LogP contribution in [0.5, 0.6) is 23.0 Å². The second-order valence-corrected chi connectivity index (χ2v) is 17.2. The lowest BCUT2D eigenvalue weighted by atomic mass is 9.93. The molecule has 0 saturated heterocycles. The highest BCUT2D eigenvalue weighted by atomic mass is 16.6. The minimum atomic E-state index is 0.640. The first-order valence-corrected chi connectivity index (χ1v) is 22.8. The van der Waals surface area contributed by atoms with Crippen LogP contribution in [0, 0.1) is 0 Å². The number of nitrogens with zero attached hydrogens (tertiary/aromatic N) is 2. The Balaban J connectivity index is 0.961. The van der Waals surface area contributed by atoms with E-state index >= 15 is 0 Å². The Labute approximate surface area is 390 Å². The zero-order chi connectivity index (χ0) is 44.7. The van der Waals surface area contributed by atoms with Crippen molar-refractivity contribution in [3.8, 4) is 34.1 Å². The van der Waals surface area contributed by atoms with Gasteiger partial charge in [0.2, 0.25) is 0 Å². The lowest BCUT2D eigenvalue weighted by molar-refractivity contribution is 0.360. The van der Waals surface area contributed by atoms with Gasteiger partial charge >= 0.3 is 0 Å². The largest absolute Gasteiger partial charge is 0.456 e. The normalized spacial score (nSPS) is 12.1. The summed E-state index contributed by atoms with van der Waals surface area (Å²) < 4.78 is 26.2. The van der Waals surface area contributed by atoms with Crippen LogP contribution in [0.1, 0.15) is 0 Å². The fraction of sp³-hybridized carbons (Fsp3) is 0. The zero-order valence-electron chi connectivity index (χ0n) is 36.5. The summed E-state index contributed by atoms with van der Waals surface area (Å²) in [6.07, 6.45) is 0. The molecule has 0 fully saturated rings. The maximum atomic E-state index is 6.80. The van der Waals surface area contributed by atoms with Crippen LogP contribution >= 0.6 is 0 Å². The quantitative estimate of drug-likeness (QED) is 0.159. The van der Waals surface area contributed by atoms with Crippen molar-refractivity contribution in [1.82, 2.24) is 0 Å². The number of benzene rings is 11. The van der Waals surface area contributed by atoms with E-state index in [0.29, 0.717) is 23.0 Å². The first-order chi connectivity index (χ1) is 33.7. The topological polar surface area (TPSA) is 51.2 Å². The number of anilines is 6. The number of rotatable bonds is 7. The van der Waals surface area contributed by atoms with E-state index in [1.165, 1.54) is 0 Å². The lowest BCUT2D eigenvalue weighted by Crippen LogP contribution is -2.11. The van der Waals surface area contributed by atoms with E-state index < -0.39 is 0 Å². The van der Waals surface area contributed by atoms with Crippen LogP contribution in [0.3, 0.4) is 0 Å². The molecule has 11 aromatic carbocycles. The van der Waals surface area contributed by atoms with Gasteiger partial charge in [-0.05, 0) is 118 Å². The highest BCUT2D eigenvalue weighted by Crippen LogP contribution is 2.51. The Morgan fingerprint density at radius 2 is 0.824 bits per heavy atom. The summed E-state index contributed by atoms with van der Waals surface area (Å²) in [5, 5.41) is 8.68. The fourth-order valence-electron chi connectivity index (χ4n) is 10.2. The first kappa shape index (κ1) is 38.1. The molecule has 14 rings (SSSR count). The van der Waals surface area contributed by atoms with Crippen LogP contribution in [0.25, 0.3) is 76.5 Å². The molecular weight excluding hydrogens is 837 g/mol. The van der Waals surface area contributed by atoms with Crippen molar-refractivity contribution in [3.05, 3.63) is 231 Å². The van der Waals surface area contributed by atoms with Crippen LogP contribution < -0.4 is 19.3 Å². The summed E-state index contributed by atoms with van der Waals surface area (Å²) in [5.41, 5.74) is 11.5. The highest BCUT2D eigenvalue weighted by molar-refractivity contribution is 6.18. The maximum Gasteiger partial charge on any atom is 0.172 e. The molecule has 0 atom stereocenters. The summed E-state index contributed by atoms with van der Waals surface area (Å²) in [6.45, 7) is 0. The van der Waals surface area contributed by atoms with Crippen LogP contribution in [0.4, 0.5) is 34.1 Å². The van der Waals surface area contributed by atoms with Crippen molar-refractivity contribution in [2.75, 3.05) is 9.80 Å². The van der Waals surface area contributed by atoms with E-state index in [0.717, 1.165) is 111 Å². The van der Waals surface area contributed by atoms with Gasteiger partial charge in [-0.1, -0.05) is 127 Å². The number of hydrogen-bond donors (Lipinski definition) is 0. The second kappa shape index (κ2) is 15.2. The van der Waals surface area contributed by atoms with Crippen LogP contribution in [-0.2, 0) is 0 Å². The number of ether oxygens (including phenoxy) is 2. The minimum Gasteiger partial charge on any atom is -0.456 e. The molecule has 68 heavy (non-hydrogen) atoms. The van der Waals surface area contributed by atoms with E-state index in [1.54, 1.807) is 0 Å². The van der Waals surface area contributed by atoms with Crippen LogP contribution in [0.2, 0.25) is 0 Å². The van der Waals surface area contributed by atoms with Gasteiger partial charge in [-0.2, -0.15) is 0 Å². The molecule has 13 aromatic rings. The van der Waals surface area contributed by atoms with Crippen molar-refractivity contribution in [2.24, 2.45) is 0 Å². The fourth-order valence-corrected chi connectivity index (χ4v) is 10.2. The van der Waals surface area contributed by atoms with Gasteiger partial charge in [-0.3, -0.25) is 0 Å². The monoisotopic (exact) mass is 874 g/mol. The number of fused-ring (bicyclic) bond motifs is 10. The SMILES string of the molecule is c1ccc(N(c2ccc3c(c2)Oc2cc4ccccc4cc2O3)c2cc(-c3cccc4c(N(c5ccccc5)c5ccc6oc7ccccc7c6c5)cccc34)c3c(c2)oc2ccccc23)cc1. The molecule has 0 aliphatic carbocycles. The van der Waals surface area contributed by atoms with Gasteiger partial charge in [-0.15, -0.1) is 0 Å². The van der Waals surface area contributed by atoms with E-state index in [-0.39, 0.29) is 0 Å². The Bertz CT molecular complexity index is 4120. The lowest BCUT2D eigenvalue weighted by Gasteiger charge is -2.28. The van der Waals surface area contributed by atoms with Gasteiger partial charge in [0.05, 0.1) is 17.1 Å². The summed E-state index contributed by atoms with van der Waals surface area (Å²) >= 11 is 0. The molecular formula is C62H38N2O4. The summed E-state index contributed by atoms with van der Waals surface area (Å²) in [6, 6.07) is 80.3. The van der Waals surface area contributed by atoms with Gasteiger partial charge in [0.25, 0.3) is 0 Å². The molecule has 6 nitrogen and oxygen atoms in total. The predicted molar refractivity (Wildman–Crippen MR) is 277 cm³/mol. The Kier molecular flexibility index (Phi) is 8.48. The number of para-hydroxylation sites is 4. The third kappa shape index (κ3) is 6.12. The molecule has 0 N–H and O–H groups in total. The summed E-state index contributed by atoms with van der Waals surface area (Å²) in [5.74, 6) is 2.68. The highest BCUT2D eigenvalue weighted by Gasteiger charge is 2.26. The zero-order valence-corrected chi connectivity index (χ0v) is 36.5. The minimum absolute atomic E-state index is 0.640. The molecule has 0 amide bonds. The molecule has 2 aromatic heterocycles. The van der Waals surface area contributed by atoms with E-state index in [1.807, 2.05) is 54.6 Å². The predicted octanol–water partition coefficient (Wildman–Crippen LogP) is 18.3. The third-order valence-electron chi connectivity index (χ3n) is 13.2. The Morgan fingerprint density at radius 1 is 0.265 bits per heavy atom. The molecule has 6 heteroatoms. The van der Waals surface area contributed by atoms with Crippen molar-refractivity contribution < 1.29 is 18.3 Å². The first-order valence-electron chi connectivity index (χ1n) is 22.8. The number of hydrogen-bond acceptors (Lipinski definition) is 6. The third-order valence-corrected chi connectivity index (χ3v) is 13.2. The smallest absolute Gasteiger partial charge is 0.172 e. The molecule has 0 spiro atoms. The molecule has 0 unspecified atom stereocenters. The van der Waals surface area contributed by atoms with Gasteiger partial charge in [0.15, 0.2) is 23.0 Å². The van der Waals surface area contributed by atoms with E-state index in [9.17, 15) is 0 Å². The molecule has 3 heterocycles. The Hall–Kier alpha value is -9.26. The number of furan rings is 2. The van der Waals surface area contributed by atoms with E-state index in [4.69, 9.17) is 18.3 Å². The van der Waals surface area contributed by atoms with Crippen molar-refractivity contribution in [3.63, 3.8) is 0 Å². The molecule has 0 bridgehead atoms. The van der Waals surface area contributed by atoms with Gasteiger partial charge in [0, 0.05) is 56.1 Å². The molecule has 0 saturated carbocycles. The molecule has 320 valence electrons. The average Bonchev–Trinajstić information content (AvgIpc) is 3.96. The second-order valence-electron chi connectivity index (χ2n) is 17.2.